The van der Waals surface area contributed by atoms with E-state index in [0.717, 1.165) is 24.5 Å². The van der Waals surface area contributed by atoms with Gasteiger partial charge in [-0.05, 0) is 44.8 Å². The third-order valence-electron chi connectivity index (χ3n) is 4.62. The maximum Gasteiger partial charge on any atom is 0.345 e. The Bertz CT molecular complexity index is 533. The van der Waals surface area contributed by atoms with Crippen molar-refractivity contribution in [3.05, 3.63) is 5.56 Å². The van der Waals surface area contributed by atoms with E-state index in [1.54, 1.807) is 6.92 Å². The smallest absolute Gasteiger partial charge is 0.345 e. The molecular formula is C14H22N4O2S. The normalized spacial score (nSPS) is 25.9. The highest BCUT2D eigenvalue weighted by Crippen LogP contribution is 2.36. The lowest BCUT2D eigenvalue weighted by molar-refractivity contribution is 0.0528. The molecule has 21 heavy (non-hydrogen) atoms. The van der Waals surface area contributed by atoms with Crippen molar-refractivity contribution >= 4 is 28.3 Å². The summed E-state index contributed by atoms with van der Waals surface area (Å²) in [7, 11) is 2.21. The molecule has 116 valence electrons. The van der Waals surface area contributed by atoms with Crippen molar-refractivity contribution in [1.29, 1.82) is 0 Å². The van der Waals surface area contributed by atoms with Crippen LogP contribution in [0.5, 0.6) is 0 Å². The molecule has 2 saturated heterocycles. The van der Waals surface area contributed by atoms with Gasteiger partial charge in [-0.2, -0.15) is 4.37 Å². The lowest BCUT2D eigenvalue weighted by Crippen LogP contribution is -2.36. The molecule has 6 nitrogen and oxygen atoms in total. The summed E-state index contributed by atoms with van der Waals surface area (Å²) in [6.45, 7) is 4.02. The third kappa shape index (κ3) is 2.60. The van der Waals surface area contributed by atoms with Gasteiger partial charge in [0.05, 0.1) is 6.61 Å². The first kappa shape index (κ1) is 14.6. The topological polar surface area (TPSA) is 71.7 Å². The van der Waals surface area contributed by atoms with E-state index in [9.17, 15) is 4.79 Å². The second-order valence-electron chi connectivity index (χ2n) is 5.75. The largest absolute Gasteiger partial charge is 0.462 e. The number of fused-ring (bicyclic) bond motifs is 2. The van der Waals surface area contributed by atoms with Crippen LogP contribution >= 0.6 is 11.5 Å². The Hall–Kier alpha value is -1.34. The SMILES string of the molecule is CCOC(=O)c1c(N)nsc1N1CCC2CCC(C1)N2C. The van der Waals surface area contributed by atoms with E-state index < -0.39 is 0 Å². The van der Waals surface area contributed by atoms with Crippen molar-refractivity contribution in [2.75, 3.05) is 37.4 Å². The molecule has 2 atom stereocenters. The van der Waals surface area contributed by atoms with Gasteiger partial charge in [0.1, 0.15) is 10.6 Å². The molecule has 1 aromatic heterocycles. The first-order valence-electron chi connectivity index (χ1n) is 7.51. The van der Waals surface area contributed by atoms with E-state index in [1.165, 1.54) is 24.4 Å². The highest BCUT2D eigenvalue weighted by Gasteiger charge is 2.36. The van der Waals surface area contributed by atoms with E-state index in [2.05, 4.69) is 21.2 Å². The Morgan fingerprint density at radius 2 is 2.19 bits per heavy atom. The standard InChI is InChI=1S/C14H22N4O2S/c1-3-20-14(19)11-12(15)16-21-13(11)18-7-6-9-4-5-10(8-18)17(9)2/h9-10H,3-8H2,1-2H3,(H2,15,16). The van der Waals surface area contributed by atoms with Crippen molar-refractivity contribution in [1.82, 2.24) is 9.27 Å². The zero-order valence-electron chi connectivity index (χ0n) is 12.5. The average molecular weight is 310 g/mol. The molecule has 2 N–H and O–H groups in total. The monoisotopic (exact) mass is 310 g/mol. The fourth-order valence-corrected chi connectivity index (χ4v) is 4.23. The van der Waals surface area contributed by atoms with Gasteiger partial charge in [0.15, 0.2) is 5.82 Å². The number of nitrogens with two attached hydrogens (primary N) is 1. The summed E-state index contributed by atoms with van der Waals surface area (Å²) in [5, 5.41) is 0.868. The number of aromatic nitrogens is 1. The first-order valence-corrected chi connectivity index (χ1v) is 8.28. The maximum absolute atomic E-state index is 12.1. The molecule has 0 amide bonds. The van der Waals surface area contributed by atoms with Crippen LogP contribution in [0.3, 0.4) is 0 Å². The van der Waals surface area contributed by atoms with Crippen LogP contribution in [-0.2, 0) is 4.74 Å². The number of hydrogen-bond donors (Lipinski definition) is 1. The van der Waals surface area contributed by atoms with Crippen LogP contribution in [-0.4, -0.2) is 54.1 Å². The minimum Gasteiger partial charge on any atom is -0.462 e. The first-order chi connectivity index (χ1) is 10.1. The Morgan fingerprint density at radius 3 is 2.95 bits per heavy atom. The highest BCUT2D eigenvalue weighted by atomic mass is 32.1. The number of rotatable bonds is 3. The molecule has 0 saturated carbocycles. The third-order valence-corrected chi connectivity index (χ3v) is 5.54. The second kappa shape index (κ2) is 5.81. The summed E-state index contributed by atoms with van der Waals surface area (Å²) in [6, 6.07) is 1.21. The fourth-order valence-electron chi connectivity index (χ4n) is 3.40. The van der Waals surface area contributed by atoms with E-state index >= 15 is 0 Å². The lowest BCUT2D eigenvalue weighted by Gasteiger charge is -2.26. The Balaban J connectivity index is 1.85. The summed E-state index contributed by atoms with van der Waals surface area (Å²) in [4.78, 5) is 16.9. The number of nitrogen functional groups attached to an aromatic ring is 1. The van der Waals surface area contributed by atoms with Crippen molar-refractivity contribution < 1.29 is 9.53 Å². The number of nitrogens with zero attached hydrogens (tertiary/aromatic N) is 3. The van der Waals surface area contributed by atoms with Gasteiger partial charge in [0.25, 0.3) is 0 Å². The molecule has 3 heterocycles. The zero-order chi connectivity index (χ0) is 15.0. The summed E-state index contributed by atoms with van der Waals surface area (Å²) in [6.07, 6.45) is 3.62. The molecule has 2 aliphatic heterocycles. The van der Waals surface area contributed by atoms with Crippen LogP contribution < -0.4 is 10.6 Å². The van der Waals surface area contributed by atoms with Gasteiger partial charge in [-0.15, -0.1) is 0 Å². The Labute approximate surface area is 129 Å². The maximum atomic E-state index is 12.1. The molecular weight excluding hydrogens is 288 g/mol. The van der Waals surface area contributed by atoms with Gasteiger partial charge in [-0.1, -0.05) is 0 Å². The molecule has 7 heteroatoms. The number of ether oxygens (including phenoxy) is 1. The van der Waals surface area contributed by atoms with Crippen LogP contribution in [0.25, 0.3) is 0 Å². The fraction of sp³-hybridized carbons (Fsp3) is 0.714. The Morgan fingerprint density at radius 1 is 1.43 bits per heavy atom. The molecule has 2 bridgehead atoms. The molecule has 1 aromatic rings. The van der Waals surface area contributed by atoms with Crippen molar-refractivity contribution in [3.63, 3.8) is 0 Å². The minimum absolute atomic E-state index is 0.288. The van der Waals surface area contributed by atoms with Crippen LogP contribution in [0.4, 0.5) is 10.8 Å². The number of esters is 1. The van der Waals surface area contributed by atoms with Gasteiger partial charge in [0.2, 0.25) is 0 Å². The van der Waals surface area contributed by atoms with E-state index in [1.807, 2.05) is 0 Å². The van der Waals surface area contributed by atoms with Crippen LogP contribution in [0, 0.1) is 0 Å². The van der Waals surface area contributed by atoms with Crippen molar-refractivity contribution in [3.8, 4) is 0 Å². The van der Waals surface area contributed by atoms with Crippen LogP contribution in [0.1, 0.15) is 36.5 Å². The van der Waals surface area contributed by atoms with Crippen LogP contribution in [0.15, 0.2) is 0 Å². The van der Waals surface area contributed by atoms with Gasteiger partial charge in [-0.3, -0.25) is 4.90 Å². The summed E-state index contributed by atoms with van der Waals surface area (Å²) >= 11 is 1.31. The average Bonchev–Trinajstić information content (AvgIpc) is 2.92. The van der Waals surface area contributed by atoms with Gasteiger partial charge < -0.3 is 15.4 Å². The van der Waals surface area contributed by atoms with Crippen LogP contribution in [0.2, 0.25) is 0 Å². The molecule has 2 aliphatic rings. The van der Waals surface area contributed by atoms with Crippen molar-refractivity contribution in [2.24, 2.45) is 0 Å². The number of carbonyl (C=O) groups is 1. The molecule has 2 fully saturated rings. The summed E-state index contributed by atoms with van der Waals surface area (Å²) in [5.41, 5.74) is 6.33. The second-order valence-corrected chi connectivity index (χ2v) is 6.51. The molecule has 3 rings (SSSR count). The predicted molar refractivity (Wildman–Crippen MR) is 83.9 cm³/mol. The van der Waals surface area contributed by atoms with E-state index in [-0.39, 0.29) is 11.8 Å². The minimum atomic E-state index is -0.360. The molecule has 2 unspecified atom stereocenters. The van der Waals surface area contributed by atoms with Gasteiger partial charge in [0, 0.05) is 25.2 Å². The van der Waals surface area contributed by atoms with Gasteiger partial charge in [-0.25, -0.2) is 4.79 Å². The lowest BCUT2D eigenvalue weighted by atomic mass is 10.1. The molecule has 0 radical (unpaired) electrons. The van der Waals surface area contributed by atoms with E-state index in [4.69, 9.17) is 10.5 Å². The number of hydrogen-bond acceptors (Lipinski definition) is 7. The summed E-state index contributed by atoms with van der Waals surface area (Å²) in [5.74, 6) is -0.0716. The number of anilines is 2. The molecule has 0 aliphatic carbocycles. The molecule has 0 spiro atoms. The zero-order valence-corrected chi connectivity index (χ0v) is 13.4. The number of likely N-dealkylation sites (N-methyl/N-ethyl adjacent to an activating group) is 1. The van der Waals surface area contributed by atoms with Gasteiger partial charge >= 0.3 is 5.97 Å². The predicted octanol–water partition coefficient (Wildman–Crippen LogP) is 1.57. The quantitative estimate of drug-likeness (QED) is 0.855. The van der Waals surface area contributed by atoms with E-state index in [0.29, 0.717) is 24.3 Å². The molecule has 0 aromatic carbocycles. The highest BCUT2D eigenvalue weighted by molar-refractivity contribution is 7.11. The Kier molecular flexibility index (Phi) is 4.03. The summed E-state index contributed by atoms with van der Waals surface area (Å²) < 4.78 is 9.29. The number of carbonyl (C=O) groups excluding carboxylic acids is 1. The van der Waals surface area contributed by atoms with Crippen molar-refractivity contribution in [2.45, 2.75) is 38.3 Å².